The highest BCUT2D eigenvalue weighted by molar-refractivity contribution is 7.89. The van der Waals surface area contributed by atoms with Crippen LogP contribution in [0.5, 0.6) is 0 Å². The molecule has 1 fully saturated rings. The van der Waals surface area contributed by atoms with Crippen LogP contribution in [0.4, 0.5) is 0 Å². The lowest BCUT2D eigenvalue weighted by atomic mass is 10.2. The maximum absolute atomic E-state index is 12.7. The number of hydrogen-bond donors (Lipinski definition) is 1. The van der Waals surface area contributed by atoms with Crippen molar-refractivity contribution in [2.24, 2.45) is 7.05 Å². The molecule has 0 bridgehead atoms. The van der Waals surface area contributed by atoms with E-state index in [9.17, 15) is 8.42 Å². The molecule has 0 unspecified atom stereocenters. The van der Waals surface area contributed by atoms with Crippen molar-refractivity contribution in [3.8, 4) is 0 Å². The minimum atomic E-state index is -3.40. The van der Waals surface area contributed by atoms with Gasteiger partial charge in [0, 0.05) is 44.6 Å². The largest absolute Gasteiger partial charge is 0.352 e. The van der Waals surface area contributed by atoms with Crippen LogP contribution >= 0.6 is 0 Å². The summed E-state index contributed by atoms with van der Waals surface area (Å²) >= 11 is 0. The third-order valence-corrected chi connectivity index (χ3v) is 6.24. The molecule has 0 radical (unpaired) electrons. The summed E-state index contributed by atoms with van der Waals surface area (Å²) in [5.41, 5.74) is 1.01. The van der Waals surface area contributed by atoms with Gasteiger partial charge in [0.2, 0.25) is 10.0 Å². The van der Waals surface area contributed by atoms with E-state index in [0.29, 0.717) is 10.9 Å². The number of rotatable bonds is 8. The molecule has 0 atom stereocenters. The van der Waals surface area contributed by atoms with Crippen molar-refractivity contribution in [3.05, 3.63) is 18.0 Å². The van der Waals surface area contributed by atoms with E-state index in [0.717, 1.165) is 25.1 Å². The number of nitrogens with one attached hydrogen (secondary N) is 1. The fourth-order valence-electron chi connectivity index (χ4n) is 2.60. The summed E-state index contributed by atoms with van der Waals surface area (Å²) in [6, 6.07) is 2.47. The second-order valence-corrected chi connectivity index (χ2v) is 7.92. The Labute approximate surface area is 128 Å². The van der Waals surface area contributed by atoms with Gasteiger partial charge in [-0.1, -0.05) is 13.8 Å². The van der Waals surface area contributed by atoms with Crippen LogP contribution in [0.15, 0.2) is 17.2 Å². The summed E-state index contributed by atoms with van der Waals surface area (Å²) in [7, 11) is 0.183. The Morgan fingerprint density at radius 3 is 2.52 bits per heavy atom. The molecule has 1 aliphatic rings. The second kappa shape index (κ2) is 6.50. The van der Waals surface area contributed by atoms with E-state index >= 15 is 0 Å². The van der Waals surface area contributed by atoms with E-state index in [-0.39, 0.29) is 6.04 Å². The lowest BCUT2D eigenvalue weighted by Crippen LogP contribution is -2.36. The van der Waals surface area contributed by atoms with Crippen LogP contribution in [-0.4, -0.2) is 36.4 Å². The highest BCUT2D eigenvalue weighted by Crippen LogP contribution is 2.23. The molecule has 0 aromatic carbocycles. The summed E-state index contributed by atoms with van der Waals surface area (Å²) in [6.45, 7) is 4.78. The minimum Gasteiger partial charge on any atom is -0.352 e. The quantitative estimate of drug-likeness (QED) is 0.799. The third kappa shape index (κ3) is 3.67. The van der Waals surface area contributed by atoms with Crippen LogP contribution in [0, 0.1) is 0 Å². The molecule has 1 aliphatic carbocycles. The van der Waals surface area contributed by atoms with Crippen LogP contribution in [-0.2, 0) is 23.6 Å². The molecular formula is C15H27N3O2S. The molecule has 2 rings (SSSR count). The van der Waals surface area contributed by atoms with E-state index in [1.807, 2.05) is 25.5 Å². The van der Waals surface area contributed by atoms with E-state index < -0.39 is 10.0 Å². The maximum atomic E-state index is 12.7. The van der Waals surface area contributed by atoms with Gasteiger partial charge in [0.1, 0.15) is 4.90 Å². The Morgan fingerprint density at radius 1 is 1.38 bits per heavy atom. The topological polar surface area (TPSA) is 54.3 Å². The molecule has 5 nitrogen and oxygen atoms in total. The lowest BCUT2D eigenvalue weighted by molar-refractivity contribution is 0.349. The number of aryl methyl sites for hydroxylation is 1. The molecule has 0 amide bonds. The predicted octanol–water partition coefficient (Wildman–Crippen LogP) is 2.09. The van der Waals surface area contributed by atoms with Crippen molar-refractivity contribution in [2.45, 2.75) is 63.1 Å². The minimum absolute atomic E-state index is 0.0586. The molecule has 1 heterocycles. The van der Waals surface area contributed by atoms with Gasteiger partial charge in [0.05, 0.1) is 0 Å². The average Bonchev–Trinajstić information content (AvgIpc) is 3.20. The number of hydrogen-bond acceptors (Lipinski definition) is 3. The van der Waals surface area contributed by atoms with Gasteiger partial charge >= 0.3 is 0 Å². The molecule has 1 aromatic heterocycles. The van der Waals surface area contributed by atoms with Gasteiger partial charge in [-0.15, -0.1) is 0 Å². The van der Waals surface area contributed by atoms with Gasteiger partial charge in [0.15, 0.2) is 0 Å². The van der Waals surface area contributed by atoms with E-state index in [1.165, 1.54) is 17.1 Å². The maximum Gasteiger partial charge on any atom is 0.244 e. The third-order valence-electron chi connectivity index (χ3n) is 4.37. The first-order chi connectivity index (χ1) is 9.90. The monoisotopic (exact) mass is 313 g/mol. The van der Waals surface area contributed by atoms with Gasteiger partial charge in [-0.25, -0.2) is 8.42 Å². The van der Waals surface area contributed by atoms with Crippen molar-refractivity contribution in [1.82, 2.24) is 14.2 Å². The molecule has 0 aliphatic heterocycles. The summed E-state index contributed by atoms with van der Waals surface area (Å²) in [5, 5.41) is 3.42. The SMILES string of the molecule is CCC(CC)N(C)S(=O)(=O)c1cc(CNC2CC2)n(C)c1. The zero-order chi connectivity index (χ0) is 15.6. The Hall–Kier alpha value is -0.850. The molecule has 1 aromatic rings. The standard InChI is InChI=1S/C15H27N3O2S/c1-5-13(6-2)18(4)21(19,20)15-9-14(17(3)11-15)10-16-12-7-8-12/h9,11-13,16H,5-8,10H2,1-4H3. The number of aromatic nitrogens is 1. The molecule has 120 valence electrons. The fourth-order valence-corrected chi connectivity index (χ4v) is 4.20. The smallest absolute Gasteiger partial charge is 0.244 e. The van der Waals surface area contributed by atoms with E-state index in [4.69, 9.17) is 0 Å². The summed E-state index contributed by atoms with van der Waals surface area (Å²) in [4.78, 5) is 0.395. The number of nitrogens with zero attached hydrogens (tertiary/aromatic N) is 2. The Bertz CT molecular complexity index is 572. The van der Waals surface area contributed by atoms with Crippen LogP contribution in [0.2, 0.25) is 0 Å². The van der Waals surface area contributed by atoms with Gasteiger partial charge in [-0.05, 0) is 31.7 Å². The van der Waals surface area contributed by atoms with Gasteiger partial charge in [-0.2, -0.15) is 4.31 Å². The molecular weight excluding hydrogens is 286 g/mol. The van der Waals surface area contributed by atoms with Crippen molar-refractivity contribution >= 4 is 10.0 Å². The molecule has 21 heavy (non-hydrogen) atoms. The average molecular weight is 313 g/mol. The first kappa shape index (κ1) is 16.5. The van der Waals surface area contributed by atoms with Crippen LogP contribution in [0.1, 0.15) is 45.2 Å². The zero-order valence-corrected chi connectivity index (χ0v) is 14.3. The summed E-state index contributed by atoms with van der Waals surface area (Å²) in [6.07, 6.45) is 5.84. The molecule has 6 heteroatoms. The predicted molar refractivity (Wildman–Crippen MR) is 84.6 cm³/mol. The summed E-state index contributed by atoms with van der Waals surface area (Å²) in [5.74, 6) is 0. The zero-order valence-electron chi connectivity index (χ0n) is 13.5. The van der Waals surface area contributed by atoms with Gasteiger partial charge in [0.25, 0.3) is 0 Å². The molecule has 1 N–H and O–H groups in total. The lowest BCUT2D eigenvalue weighted by Gasteiger charge is -2.24. The Morgan fingerprint density at radius 2 is 2.00 bits per heavy atom. The second-order valence-electron chi connectivity index (χ2n) is 5.92. The normalized spacial score (nSPS) is 16.1. The fraction of sp³-hybridized carbons (Fsp3) is 0.733. The highest BCUT2D eigenvalue weighted by atomic mass is 32.2. The van der Waals surface area contributed by atoms with Gasteiger partial charge in [-0.3, -0.25) is 0 Å². The van der Waals surface area contributed by atoms with E-state index in [2.05, 4.69) is 5.32 Å². The van der Waals surface area contributed by atoms with Crippen molar-refractivity contribution in [2.75, 3.05) is 7.05 Å². The Balaban J connectivity index is 2.17. The molecule has 0 spiro atoms. The van der Waals surface area contributed by atoms with E-state index in [1.54, 1.807) is 19.3 Å². The van der Waals surface area contributed by atoms with Crippen molar-refractivity contribution in [3.63, 3.8) is 0 Å². The van der Waals surface area contributed by atoms with Crippen molar-refractivity contribution < 1.29 is 8.42 Å². The number of sulfonamides is 1. The van der Waals surface area contributed by atoms with Crippen molar-refractivity contribution in [1.29, 1.82) is 0 Å². The first-order valence-electron chi connectivity index (χ1n) is 7.76. The van der Waals surface area contributed by atoms with Crippen LogP contribution < -0.4 is 5.32 Å². The first-order valence-corrected chi connectivity index (χ1v) is 9.20. The Kier molecular flexibility index (Phi) is 5.11. The van der Waals surface area contributed by atoms with Crippen LogP contribution in [0.3, 0.4) is 0 Å². The highest BCUT2D eigenvalue weighted by Gasteiger charge is 2.28. The van der Waals surface area contributed by atoms with Crippen LogP contribution in [0.25, 0.3) is 0 Å². The van der Waals surface area contributed by atoms with Gasteiger partial charge < -0.3 is 9.88 Å². The molecule has 1 saturated carbocycles. The summed E-state index contributed by atoms with van der Waals surface area (Å²) < 4.78 is 28.8. The molecule has 0 saturated heterocycles.